The molecule has 2 heteroatoms. The van der Waals surface area contributed by atoms with Gasteiger partial charge in [-0.15, -0.1) is 0 Å². The van der Waals surface area contributed by atoms with Crippen LogP contribution in [0.1, 0.15) is 59.9 Å². The largest absolute Gasteiger partial charge is 0.491 e. The Morgan fingerprint density at radius 3 is 1.70 bits per heavy atom. The second-order valence-electron chi connectivity index (χ2n) is 6.92. The summed E-state index contributed by atoms with van der Waals surface area (Å²) in [7, 11) is 0. The van der Waals surface area contributed by atoms with Crippen LogP contribution >= 0.6 is 0 Å². The van der Waals surface area contributed by atoms with E-state index in [1.165, 1.54) is 0 Å². The van der Waals surface area contributed by atoms with Crippen molar-refractivity contribution in [2.45, 2.75) is 66.1 Å². The molecule has 0 spiro atoms. The monoisotopic (exact) mass is 278 g/mol. The Morgan fingerprint density at radius 1 is 0.900 bits per heavy atom. The van der Waals surface area contributed by atoms with Crippen LogP contribution < -0.4 is 4.74 Å². The maximum atomic E-state index is 11.1. The highest BCUT2D eigenvalue weighted by Gasteiger charge is 2.31. The average Bonchev–Trinajstić information content (AvgIpc) is 2.26. The Morgan fingerprint density at radius 2 is 1.35 bits per heavy atom. The molecule has 0 bridgehead atoms. The average molecular weight is 278 g/mol. The summed E-state index contributed by atoms with van der Waals surface area (Å²) >= 11 is 0. The summed E-state index contributed by atoms with van der Waals surface area (Å²) in [5.74, 6) is 1.79. The smallest absolute Gasteiger partial charge is 0.119 e. The predicted molar refractivity (Wildman–Crippen MR) is 85.0 cm³/mol. The molecule has 0 amide bonds. The van der Waals surface area contributed by atoms with Crippen LogP contribution in [-0.4, -0.2) is 11.2 Å². The molecular weight excluding hydrogens is 248 g/mol. The van der Waals surface area contributed by atoms with Crippen molar-refractivity contribution < 1.29 is 9.84 Å². The van der Waals surface area contributed by atoms with E-state index in [0.717, 1.165) is 24.2 Å². The topological polar surface area (TPSA) is 29.5 Å². The molecule has 0 saturated carbocycles. The van der Waals surface area contributed by atoms with Gasteiger partial charge in [0.2, 0.25) is 0 Å². The fourth-order valence-corrected chi connectivity index (χ4v) is 2.79. The van der Waals surface area contributed by atoms with Crippen molar-refractivity contribution in [1.29, 1.82) is 0 Å². The van der Waals surface area contributed by atoms with E-state index in [1.54, 1.807) is 0 Å². The van der Waals surface area contributed by atoms with Gasteiger partial charge in [-0.25, -0.2) is 0 Å². The number of hydrogen-bond donors (Lipinski definition) is 1. The van der Waals surface area contributed by atoms with Gasteiger partial charge in [-0.2, -0.15) is 0 Å². The van der Waals surface area contributed by atoms with E-state index in [-0.39, 0.29) is 6.10 Å². The van der Waals surface area contributed by atoms with Crippen LogP contribution in [0.4, 0.5) is 0 Å². The van der Waals surface area contributed by atoms with E-state index in [9.17, 15) is 5.11 Å². The molecule has 0 aromatic heterocycles. The van der Waals surface area contributed by atoms with Gasteiger partial charge in [0, 0.05) is 0 Å². The first-order valence-corrected chi connectivity index (χ1v) is 7.72. The van der Waals surface area contributed by atoms with E-state index in [1.807, 2.05) is 38.1 Å². The molecule has 1 aromatic carbocycles. The minimum absolute atomic E-state index is 0.172. The minimum atomic E-state index is -0.737. The summed E-state index contributed by atoms with van der Waals surface area (Å²) in [6, 6.07) is 7.92. The molecule has 0 saturated heterocycles. The Balaban J connectivity index is 2.96. The fraction of sp³-hybridized carbons (Fsp3) is 0.667. The van der Waals surface area contributed by atoms with Crippen LogP contribution in [0.3, 0.4) is 0 Å². The summed E-state index contributed by atoms with van der Waals surface area (Å²) in [5.41, 5.74) is 0.259. The van der Waals surface area contributed by atoms with Gasteiger partial charge in [-0.1, -0.05) is 39.8 Å². The van der Waals surface area contributed by atoms with Gasteiger partial charge in [-0.05, 0) is 56.2 Å². The molecule has 0 heterocycles. The normalized spacial score (nSPS) is 12.5. The van der Waals surface area contributed by atoms with Crippen molar-refractivity contribution in [1.82, 2.24) is 0 Å². The summed E-state index contributed by atoms with van der Waals surface area (Å²) in [4.78, 5) is 0. The SMILES string of the molecule is CC(C)CC(O)(CC(C)C)c1ccc(OC(C)C)cc1. The highest BCUT2D eigenvalue weighted by Crippen LogP contribution is 2.35. The second kappa shape index (κ2) is 7.12. The third-order valence-electron chi connectivity index (χ3n) is 3.26. The van der Waals surface area contributed by atoms with Crippen molar-refractivity contribution in [3.05, 3.63) is 29.8 Å². The lowest BCUT2D eigenvalue weighted by atomic mass is 9.80. The summed E-state index contributed by atoms with van der Waals surface area (Å²) < 4.78 is 5.66. The van der Waals surface area contributed by atoms with E-state index in [4.69, 9.17) is 4.74 Å². The first kappa shape index (κ1) is 17.0. The zero-order valence-electron chi connectivity index (χ0n) is 13.8. The Hall–Kier alpha value is -1.02. The van der Waals surface area contributed by atoms with E-state index < -0.39 is 5.60 Å². The van der Waals surface area contributed by atoms with Crippen LogP contribution in [0.2, 0.25) is 0 Å². The lowest BCUT2D eigenvalue weighted by molar-refractivity contribution is -0.00453. The van der Waals surface area contributed by atoms with Gasteiger partial charge in [0.25, 0.3) is 0 Å². The maximum absolute atomic E-state index is 11.1. The number of aliphatic hydroxyl groups is 1. The van der Waals surface area contributed by atoms with Crippen LogP contribution in [0.15, 0.2) is 24.3 Å². The van der Waals surface area contributed by atoms with Gasteiger partial charge in [0.05, 0.1) is 11.7 Å². The zero-order valence-corrected chi connectivity index (χ0v) is 13.8. The molecule has 0 atom stereocenters. The fourth-order valence-electron chi connectivity index (χ4n) is 2.79. The first-order valence-electron chi connectivity index (χ1n) is 7.72. The molecular formula is C18H30O2. The standard InChI is InChI=1S/C18H30O2/c1-13(2)11-18(19,12-14(3)4)16-7-9-17(10-8-16)20-15(5)6/h7-10,13-15,19H,11-12H2,1-6H3. The maximum Gasteiger partial charge on any atom is 0.119 e. The van der Waals surface area contributed by atoms with E-state index >= 15 is 0 Å². The number of ether oxygens (including phenoxy) is 1. The molecule has 0 aliphatic heterocycles. The van der Waals surface area contributed by atoms with Gasteiger partial charge < -0.3 is 9.84 Å². The molecule has 0 aliphatic rings. The van der Waals surface area contributed by atoms with Crippen LogP contribution in [0.25, 0.3) is 0 Å². The molecule has 0 unspecified atom stereocenters. The van der Waals surface area contributed by atoms with E-state index in [2.05, 4.69) is 27.7 Å². The van der Waals surface area contributed by atoms with Crippen molar-refractivity contribution >= 4 is 0 Å². The Labute approximate surface area is 124 Å². The molecule has 2 nitrogen and oxygen atoms in total. The van der Waals surface area contributed by atoms with Crippen LogP contribution in [0.5, 0.6) is 5.75 Å². The molecule has 1 N–H and O–H groups in total. The number of benzene rings is 1. The first-order chi connectivity index (χ1) is 9.23. The number of rotatable bonds is 7. The summed E-state index contributed by atoms with van der Waals surface area (Å²) in [6.45, 7) is 12.6. The van der Waals surface area contributed by atoms with Crippen molar-refractivity contribution in [3.8, 4) is 5.75 Å². The number of hydrogen-bond acceptors (Lipinski definition) is 2. The Bertz CT molecular complexity index is 380. The van der Waals surface area contributed by atoms with Crippen molar-refractivity contribution in [3.63, 3.8) is 0 Å². The zero-order chi connectivity index (χ0) is 15.3. The lowest BCUT2D eigenvalue weighted by Crippen LogP contribution is -2.29. The lowest BCUT2D eigenvalue weighted by Gasteiger charge is -2.32. The quantitative estimate of drug-likeness (QED) is 0.779. The highest BCUT2D eigenvalue weighted by atomic mass is 16.5. The second-order valence-corrected chi connectivity index (χ2v) is 6.92. The van der Waals surface area contributed by atoms with Crippen LogP contribution in [-0.2, 0) is 5.60 Å². The molecule has 0 fully saturated rings. The molecule has 1 aromatic rings. The van der Waals surface area contributed by atoms with Crippen molar-refractivity contribution in [2.24, 2.45) is 11.8 Å². The molecule has 114 valence electrons. The molecule has 1 rings (SSSR count). The van der Waals surface area contributed by atoms with Gasteiger partial charge in [0.1, 0.15) is 5.75 Å². The molecule has 0 radical (unpaired) electrons. The van der Waals surface area contributed by atoms with Gasteiger partial charge >= 0.3 is 0 Å². The predicted octanol–water partition coefficient (Wildman–Crippen LogP) is 4.75. The van der Waals surface area contributed by atoms with E-state index in [0.29, 0.717) is 11.8 Å². The van der Waals surface area contributed by atoms with Crippen LogP contribution in [0, 0.1) is 11.8 Å². The molecule has 0 aliphatic carbocycles. The minimum Gasteiger partial charge on any atom is -0.491 e. The summed E-state index contributed by atoms with van der Waals surface area (Å²) in [6.07, 6.45) is 1.75. The Kier molecular flexibility index (Phi) is 6.07. The van der Waals surface area contributed by atoms with Crippen molar-refractivity contribution in [2.75, 3.05) is 0 Å². The third kappa shape index (κ3) is 5.16. The highest BCUT2D eigenvalue weighted by molar-refractivity contribution is 5.31. The van der Waals surface area contributed by atoms with Gasteiger partial charge in [0.15, 0.2) is 0 Å². The third-order valence-corrected chi connectivity index (χ3v) is 3.26. The van der Waals surface area contributed by atoms with Gasteiger partial charge in [-0.3, -0.25) is 0 Å². The summed E-state index contributed by atoms with van der Waals surface area (Å²) in [5, 5.41) is 11.1. The molecule has 20 heavy (non-hydrogen) atoms.